The first-order valence-electron chi connectivity index (χ1n) is 8.87. The summed E-state index contributed by atoms with van der Waals surface area (Å²) >= 11 is 6.11. The lowest BCUT2D eigenvalue weighted by molar-refractivity contribution is 0.213. The molecule has 0 unspecified atom stereocenters. The van der Waals surface area contributed by atoms with E-state index in [0.717, 1.165) is 42.9 Å². The molecule has 2 aromatic rings. The van der Waals surface area contributed by atoms with Crippen LogP contribution in [0.4, 0.5) is 5.82 Å². The summed E-state index contributed by atoms with van der Waals surface area (Å²) in [5.74, 6) is 1.88. The van der Waals surface area contributed by atoms with Gasteiger partial charge in [0.2, 0.25) is 0 Å². The average molecular weight is 344 g/mol. The molecule has 1 saturated heterocycles. The van der Waals surface area contributed by atoms with Crippen molar-refractivity contribution in [1.82, 2.24) is 9.88 Å². The van der Waals surface area contributed by atoms with Gasteiger partial charge in [-0.2, -0.15) is 0 Å². The van der Waals surface area contributed by atoms with E-state index in [0.29, 0.717) is 0 Å². The van der Waals surface area contributed by atoms with Crippen molar-refractivity contribution in [2.75, 3.05) is 31.1 Å². The van der Waals surface area contributed by atoms with E-state index < -0.39 is 0 Å². The zero-order valence-corrected chi connectivity index (χ0v) is 15.1. The summed E-state index contributed by atoms with van der Waals surface area (Å²) in [7, 11) is 0. The number of benzene rings is 1. The fraction of sp³-hybridized carbons (Fsp3) is 0.450. The molecule has 1 aromatic heterocycles. The second kappa shape index (κ2) is 8.50. The second-order valence-corrected chi connectivity index (χ2v) is 7.01. The van der Waals surface area contributed by atoms with Gasteiger partial charge in [0.1, 0.15) is 5.82 Å². The van der Waals surface area contributed by atoms with E-state index in [2.05, 4.69) is 46.0 Å². The molecule has 1 aliphatic heterocycles. The Hall–Kier alpha value is -1.58. The SMILES string of the molecule is CCN(Cc1cccc(Cl)c1)CC1CCN(c2ccccn2)CC1. The van der Waals surface area contributed by atoms with Crippen LogP contribution in [0.25, 0.3) is 0 Å². The monoisotopic (exact) mass is 343 g/mol. The zero-order valence-electron chi connectivity index (χ0n) is 14.4. The van der Waals surface area contributed by atoms with Gasteiger partial charge in [0, 0.05) is 37.4 Å². The van der Waals surface area contributed by atoms with E-state index >= 15 is 0 Å². The second-order valence-electron chi connectivity index (χ2n) is 6.58. The Kier molecular flexibility index (Phi) is 6.11. The first-order valence-corrected chi connectivity index (χ1v) is 9.25. The molecule has 0 radical (unpaired) electrons. The van der Waals surface area contributed by atoms with Crippen molar-refractivity contribution in [3.8, 4) is 0 Å². The van der Waals surface area contributed by atoms with E-state index in [1.165, 1.54) is 24.9 Å². The highest BCUT2D eigenvalue weighted by Gasteiger charge is 2.21. The molecule has 0 bridgehead atoms. The molecule has 0 aliphatic carbocycles. The fourth-order valence-electron chi connectivity index (χ4n) is 3.45. The van der Waals surface area contributed by atoms with Crippen molar-refractivity contribution >= 4 is 17.4 Å². The summed E-state index contributed by atoms with van der Waals surface area (Å²) in [6.45, 7) is 7.68. The number of hydrogen-bond donors (Lipinski definition) is 0. The maximum Gasteiger partial charge on any atom is 0.128 e. The van der Waals surface area contributed by atoms with E-state index in [-0.39, 0.29) is 0 Å². The molecule has 24 heavy (non-hydrogen) atoms. The molecule has 1 aromatic carbocycles. The van der Waals surface area contributed by atoms with E-state index in [1.54, 1.807) is 0 Å². The number of rotatable bonds is 6. The maximum absolute atomic E-state index is 6.11. The molecule has 0 atom stereocenters. The van der Waals surface area contributed by atoms with Crippen LogP contribution in [0.2, 0.25) is 5.02 Å². The van der Waals surface area contributed by atoms with Gasteiger partial charge in [-0.3, -0.25) is 4.90 Å². The van der Waals surface area contributed by atoms with Crippen LogP contribution in [0.5, 0.6) is 0 Å². The van der Waals surface area contributed by atoms with Crippen LogP contribution in [-0.2, 0) is 6.54 Å². The minimum absolute atomic E-state index is 0.768. The lowest BCUT2D eigenvalue weighted by atomic mass is 9.96. The van der Waals surface area contributed by atoms with E-state index in [4.69, 9.17) is 11.6 Å². The predicted octanol–water partition coefficient (Wildman–Crippen LogP) is 4.47. The smallest absolute Gasteiger partial charge is 0.128 e. The molecule has 3 nitrogen and oxygen atoms in total. The maximum atomic E-state index is 6.11. The van der Waals surface area contributed by atoms with Gasteiger partial charge >= 0.3 is 0 Å². The third-order valence-corrected chi connectivity index (χ3v) is 5.08. The van der Waals surface area contributed by atoms with Crippen molar-refractivity contribution in [2.24, 2.45) is 5.92 Å². The van der Waals surface area contributed by atoms with Crippen LogP contribution in [0.15, 0.2) is 48.7 Å². The van der Waals surface area contributed by atoms with Crippen LogP contribution in [0.1, 0.15) is 25.3 Å². The van der Waals surface area contributed by atoms with Gasteiger partial charge in [0.05, 0.1) is 0 Å². The largest absolute Gasteiger partial charge is 0.357 e. The van der Waals surface area contributed by atoms with Crippen LogP contribution in [0, 0.1) is 5.92 Å². The van der Waals surface area contributed by atoms with Gasteiger partial charge < -0.3 is 4.90 Å². The molecule has 1 aliphatic rings. The number of hydrogen-bond acceptors (Lipinski definition) is 3. The number of aromatic nitrogens is 1. The van der Waals surface area contributed by atoms with E-state index in [1.807, 2.05) is 24.4 Å². The molecule has 0 N–H and O–H groups in total. The molecular formula is C20H26ClN3. The Morgan fingerprint density at radius 1 is 1.17 bits per heavy atom. The summed E-state index contributed by atoms with van der Waals surface area (Å²) in [6.07, 6.45) is 4.36. The highest BCUT2D eigenvalue weighted by Crippen LogP contribution is 2.23. The third kappa shape index (κ3) is 4.71. The lowest BCUT2D eigenvalue weighted by Gasteiger charge is -2.35. The van der Waals surface area contributed by atoms with Crippen molar-refractivity contribution in [1.29, 1.82) is 0 Å². The van der Waals surface area contributed by atoms with E-state index in [9.17, 15) is 0 Å². The molecule has 4 heteroatoms. The van der Waals surface area contributed by atoms with Crippen molar-refractivity contribution < 1.29 is 0 Å². The molecule has 0 saturated carbocycles. The Bertz CT molecular complexity index is 624. The van der Waals surface area contributed by atoms with Crippen molar-refractivity contribution in [3.05, 3.63) is 59.2 Å². The lowest BCUT2D eigenvalue weighted by Crippen LogP contribution is -2.39. The normalized spacial score (nSPS) is 15.9. The fourth-order valence-corrected chi connectivity index (χ4v) is 3.66. The zero-order chi connectivity index (χ0) is 16.8. The number of nitrogens with zero attached hydrogens (tertiary/aromatic N) is 3. The minimum atomic E-state index is 0.768. The Balaban J connectivity index is 1.51. The number of piperidine rings is 1. The molecule has 1 fully saturated rings. The topological polar surface area (TPSA) is 19.4 Å². The first-order chi connectivity index (χ1) is 11.7. The molecule has 128 valence electrons. The molecule has 0 spiro atoms. The summed E-state index contributed by atoms with van der Waals surface area (Å²) in [4.78, 5) is 9.41. The number of pyridine rings is 1. The summed E-state index contributed by atoms with van der Waals surface area (Å²) < 4.78 is 0. The van der Waals surface area contributed by atoms with Gasteiger partial charge in [0.15, 0.2) is 0 Å². The van der Waals surface area contributed by atoms with Crippen LogP contribution < -0.4 is 4.90 Å². The van der Waals surface area contributed by atoms with Crippen molar-refractivity contribution in [3.63, 3.8) is 0 Å². The quantitative estimate of drug-likeness (QED) is 0.771. The number of halogens is 1. The average Bonchev–Trinajstić information content (AvgIpc) is 2.62. The summed E-state index contributed by atoms with van der Waals surface area (Å²) in [5.41, 5.74) is 1.30. The van der Waals surface area contributed by atoms with Gasteiger partial charge in [0.25, 0.3) is 0 Å². The van der Waals surface area contributed by atoms with Crippen LogP contribution in [0.3, 0.4) is 0 Å². The highest BCUT2D eigenvalue weighted by molar-refractivity contribution is 6.30. The standard InChI is InChI=1S/C20H26ClN3/c1-2-23(16-18-6-5-7-19(21)14-18)15-17-9-12-24(13-10-17)20-8-3-4-11-22-20/h3-8,11,14,17H,2,9-10,12-13,15-16H2,1H3. The molecule has 0 amide bonds. The molecular weight excluding hydrogens is 318 g/mol. The van der Waals surface area contributed by atoms with Crippen molar-refractivity contribution in [2.45, 2.75) is 26.3 Å². The molecule has 3 rings (SSSR count). The minimum Gasteiger partial charge on any atom is -0.357 e. The summed E-state index contributed by atoms with van der Waals surface area (Å²) in [6, 6.07) is 14.4. The van der Waals surface area contributed by atoms with Gasteiger partial charge in [-0.15, -0.1) is 0 Å². The molecule has 2 heterocycles. The number of anilines is 1. The first kappa shape index (κ1) is 17.2. The van der Waals surface area contributed by atoms with Crippen LogP contribution >= 0.6 is 11.6 Å². The predicted molar refractivity (Wildman–Crippen MR) is 102 cm³/mol. The third-order valence-electron chi connectivity index (χ3n) is 4.85. The highest BCUT2D eigenvalue weighted by atomic mass is 35.5. The Morgan fingerprint density at radius 2 is 2.00 bits per heavy atom. The Morgan fingerprint density at radius 3 is 2.67 bits per heavy atom. The van der Waals surface area contributed by atoms with Crippen LogP contribution in [-0.4, -0.2) is 36.1 Å². The Labute approximate surface area is 150 Å². The van der Waals surface area contributed by atoms with Gasteiger partial charge in [-0.05, 0) is 55.1 Å². The van der Waals surface area contributed by atoms with Gasteiger partial charge in [-0.25, -0.2) is 4.98 Å². The summed E-state index contributed by atoms with van der Waals surface area (Å²) in [5, 5.41) is 0.826. The van der Waals surface area contributed by atoms with Gasteiger partial charge in [-0.1, -0.05) is 36.7 Å².